The van der Waals surface area contributed by atoms with Gasteiger partial charge in [-0.05, 0) is 55.8 Å². The molecule has 1 aromatic carbocycles. The molecule has 1 aliphatic heterocycles. The van der Waals surface area contributed by atoms with Crippen LogP contribution in [0, 0.1) is 5.82 Å². The Labute approximate surface area is 171 Å². The molecule has 0 bridgehead atoms. The van der Waals surface area contributed by atoms with Crippen LogP contribution in [-0.4, -0.2) is 16.1 Å². The van der Waals surface area contributed by atoms with Crippen molar-refractivity contribution in [2.75, 3.05) is 6.54 Å². The van der Waals surface area contributed by atoms with Gasteiger partial charge in [0, 0.05) is 28.9 Å². The minimum absolute atomic E-state index is 0.158. The van der Waals surface area contributed by atoms with Crippen molar-refractivity contribution in [2.45, 2.75) is 26.0 Å². The summed E-state index contributed by atoms with van der Waals surface area (Å²) in [6.45, 7) is 1.86. The number of pyridine rings is 2. The lowest BCUT2D eigenvalue weighted by atomic mass is 10.1. The van der Waals surface area contributed by atoms with Crippen molar-refractivity contribution in [3.63, 3.8) is 0 Å². The second kappa shape index (κ2) is 7.76. The lowest BCUT2D eigenvalue weighted by molar-refractivity contribution is 0.300. The number of nitrogens with zero attached hydrogens (tertiary/aromatic N) is 2. The highest BCUT2D eigenvalue weighted by Crippen LogP contribution is 2.30. The molecule has 30 heavy (non-hydrogen) atoms. The summed E-state index contributed by atoms with van der Waals surface area (Å²) in [5, 5.41) is 4.42. The molecule has 5 rings (SSSR count). The number of aryl methyl sites for hydroxylation is 1. The van der Waals surface area contributed by atoms with Gasteiger partial charge < -0.3 is 14.5 Å². The number of rotatable bonds is 4. The first-order chi connectivity index (χ1) is 14.7. The van der Waals surface area contributed by atoms with Crippen molar-refractivity contribution in [1.82, 2.24) is 14.9 Å². The zero-order valence-electron chi connectivity index (χ0n) is 16.2. The van der Waals surface area contributed by atoms with Gasteiger partial charge in [-0.2, -0.15) is 0 Å². The number of halogens is 1. The molecule has 4 heterocycles. The first kappa shape index (κ1) is 18.6. The molecule has 0 aliphatic carbocycles. The topological polar surface area (TPSA) is 69.3 Å². The minimum Gasteiger partial charge on any atom is -0.487 e. The van der Waals surface area contributed by atoms with E-state index in [1.54, 1.807) is 22.9 Å². The number of benzene rings is 1. The van der Waals surface area contributed by atoms with Crippen LogP contribution in [0.1, 0.15) is 23.4 Å². The van der Waals surface area contributed by atoms with E-state index in [9.17, 15) is 9.18 Å². The van der Waals surface area contributed by atoms with Gasteiger partial charge in [0.05, 0.1) is 18.4 Å². The summed E-state index contributed by atoms with van der Waals surface area (Å²) in [4.78, 5) is 16.6. The third-order valence-corrected chi connectivity index (χ3v) is 5.27. The van der Waals surface area contributed by atoms with Crippen LogP contribution in [0.15, 0.2) is 64.1 Å². The van der Waals surface area contributed by atoms with E-state index in [1.807, 2.05) is 18.2 Å². The van der Waals surface area contributed by atoms with Gasteiger partial charge in [-0.1, -0.05) is 0 Å². The molecule has 0 saturated carbocycles. The standard InChI is InChI=1S/C23H20FN3O3/c24-15-3-4-16(26-12-15)14-29-18-7-9-27(23(28)11-18)17-5-6-21-20(10-17)19-2-1-8-25-13-22(19)30-21/h3-7,9-12,25H,1-2,8,13-14H2. The van der Waals surface area contributed by atoms with E-state index in [2.05, 4.69) is 10.3 Å². The van der Waals surface area contributed by atoms with Crippen molar-refractivity contribution in [1.29, 1.82) is 0 Å². The number of hydrogen-bond donors (Lipinski definition) is 1. The molecule has 1 N–H and O–H groups in total. The van der Waals surface area contributed by atoms with Crippen LogP contribution >= 0.6 is 0 Å². The molecular weight excluding hydrogens is 385 g/mol. The van der Waals surface area contributed by atoms with Crippen LogP contribution in [0.2, 0.25) is 0 Å². The molecule has 0 saturated heterocycles. The van der Waals surface area contributed by atoms with Crippen molar-refractivity contribution < 1.29 is 13.5 Å². The molecule has 152 valence electrons. The largest absolute Gasteiger partial charge is 0.487 e. The highest BCUT2D eigenvalue weighted by molar-refractivity contribution is 5.84. The van der Waals surface area contributed by atoms with E-state index >= 15 is 0 Å². The first-order valence-electron chi connectivity index (χ1n) is 9.89. The van der Waals surface area contributed by atoms with E-state index < -0.39 is 5.82 Å². The first-order valence-corrected chi connectivity index (χ1v) is 9.89. The fraction of sp³-hybridized carbons (Fsp3) is 0.217. The highest BCUT2D eigenvalue weighted by atomic mass is 19.1. The van der Waals surface area contributed by atoms with Crippen molar-refractivity contribution in [2.24, 2.45) is 0 Å². The van der Waals surface area contributed by atoms with E-state index in [0.717, 1.165) is 54.5 Å². The third-order valence-electron chi connectivity index (χ3n) is 5.27. The van der Waals surface area contributed by atoms with Crippen LogP contribution in [-0.2, 0) is 19.6 Å². The fourth-order valence-electron chi connectivity index (χ4n) is 3.76. The molecule has 7 heteroatoms. The summed E-state index contributed by atoms with van der Waals surface area (Å²) < 4.78 is 26.1. The number of aromatic nitrogens is 2. The number of ether oxygens (including phenoxy) is 1. The average molecular weight is 405 g/mol. The fourth-order valence-corrected chi connectivity index (χ4v) is 3.76. The lowest BCUT2D eigenvalue weighted by Gasteiger charge is -2.09. The van der Waals surface area contributed by atoms with Crippen LogP contribution < -0.4 is 15.6 Å². The molecule has 0 spiro atoms. The maximum atomic E-state index is 12.9. The highest BCUT2D eigenvalue weighted by Gasteiger charge is 2.17. The number of nitrogens with one attached hydrogen (secondary N) is 1. The summed E-state index contributed by atoms with van der Waals surface area (Å²) >= 11 is 0. The molecule has 6 nitrogen and oxygen atoms in total. The summed E-state index contributed by atoms with van der Waals surface area (Å²) in [7, 11) is 0. The Bertz CT molecular complexity index is 1260. The van der Waals surface area contributed by atoms with Crippen molar-refractivity contribution in [3.05, 3.63) is 88.0 Å². The molecule has 0 atom stereocenters. The zero-order chi connectivity index (χ0) is 20.5. The quantitative estimate of drug-likeness (QED) is 0.560. The van der Waals surface area contributed by atoms with Crippen LogP contribution in [0.4, 0.5) is 4.39 Å². The lowest BCUT2D eigenvalue weighted by Crippen LogP contribution is -2.16. The molecule has 3 aromatic heterocycles. The Morgan fingerprint density at radius 3 is 2.97 bits per heavy atom. The van der Waals surface area contributed by atoms with Gasteiger partial charge in [0.15, 0.2) is 0 Å². The minimum atomic E-state index is -0.399. The van der Waals surface area contributed by atoms with Crippen molar-refractivity contribution in [3.8, 4) is 11.4 Å². The average Bonchev–Trinajstić information content (AvgIpc) is 2.93. The smallest absolute Gasteiger partial charge is 0.258 e. The van der Waals surface area contributed by atoms with Gasteiger partial charge >= 0.3 is 0 Å². The van der Waals surface area contributed by atoms with Crippen LogP contribution in [0.3, 0.4) is 0 Å². The van der Waals surface area contributed by atoms with E-state index in [4.69, 9.17) is 9.15 Å². The second-order valence-corrected chi connectivity index (χ2v) is 7.29. The van der Waals surface area contributed by atoms with E-state index in [-0.39, 0.29) is 12.2 Å². The number of hydrogen-bond acceptors (Lipinski definition) is 5. The van der Waals surface area contributed by atoms with E-state index in [1.165, 1.54) is 17.7 Å². The van der Waals surface area contributed by atoms with Gasteiger partial charge in [-0.15, -0.1) is 0 Å². The second-order valence-electron chi connectivity index (χ2n) is 7.29. The number of furan rings is 1. The molecule has 0 amide bonds. The molecule has 1 aliphatic rings. The van der Waals surface area contributed by atoms with Crippen molar-refractivity contribution >= 4 is 11.0 Å². The Balaban J connectivity index is 1.41. The zero-order valence-corrected chi connectivity index (χ0v) is 16.2. The summed E-state index contributed by atoms with van der Waals surface area (Å²) in [6, 6.07) is 11.8. The Morgan fingerprint density at radius 2 is 2.13 bits per heavy atom. The van der Waals surface area contributed by atoms with Crippen LogP contribution in [0.25, 0.3) is 16.7 Å². The summed E-state index contributed by atoms with van der Waals surface area (Å²) in [6.07, 6.45) is 4.84. The predicted octanol–water partition coefficient (Wildman–Crippen LogP) is 3.73. The molecule has 0 fully saturated rings. The maximum absolute atomic E-state index is 12.9. The van der Waals surface area contributed by atoms with Gasteiger partial charge in [0.1, 0.15) is 29.5 Å². The molecule has 0 unspecified atom stereocenters. The Morgan fingerprint density at radius 1 is 1.20 bits per heavy atom. The normalized spacial score (nSPS) is 13.8. The summed E-state index contributed by atoms with van der Waals surface area (Å²) in [5.41, 5.74) is 3.22. The molecule has 4 aromatic rings. The SMILES string of the molecule is O=c1cc(OCc2ccc(F)cn2)ccn1-c1ccc2oc3c(c2c1)CCCNC3. The molecule has 0 radical (unpaired) electrons. The van der Waals surface area contributed by atoms with Gasteiger partial charge in [0.2, 0.25) is 0 Å². The Kier molecular flexibility index (Phi) is 4.80. The molecular formula is C23H20FN3O3. The monoisotopic (exact) mass is 405 g/mol. The Hall–Kier alpha value is -3.45. The summed E-state index contributed by atoms with van der Waals surface area (Å²) in [5.74, 6) is 1.01. The van der Waals surface area contributed by atoms with Gasteiger partial charge in [-0.3, -0.25) is 14.3 Å². The predicted molar refractivity (Wildman–Crippen MR) is 110 cm³/mol. The van der Waals surface area contributed by atoms with Crippen LogP contribution in [0.5, 0.6) is 5.75 Å². The van der Waals surface area contributed by atoms with Gasteiger partial charge in [0.25, 0.3) is 5.56 Å². The van der Waals surface area contributed by atoms with Gasteiger partial charge in [-0.25, -0.2) is 4.39 Å². The maximum Gasteiger partial charge on any atom is 0.258 e. The third kappa shape index (κ3) is 3.59. The van der Waals surface area contributed by atoms with E-state index in [0.29, 0.717) is 11.4 Å². The number of fused-ring (bicyclic) bond motifs is 3.